The third-order valence-corrected chi connectivity index (χ3v) is 6.82. The van der Waals surface area contributed by atoms with Crippen molar-refractivity contribution < 1.29 is 33.3 Å². The molecular weight excluding hydrogens is 474 g/mol. The standard InChI is InChI=1S/C29H37NO7/c1-17(2)27-29(21-13-18(3)9-11-23(21)34-6,22-14-19(4)10-12-24(22)35-7)37-28(33)30(27)25(31)15-20(5)16-26(32)36-8/h9-14,17,20,27H,15-16H2,1-8H3/t20-,27+/m1/s1. The number of esters is 1. The maximum absolute atomic E-state index is 13.7. The van der Waals surface area contributed by atoms with E-state index in [0.717, 1.165) is 11.1 Å². The number of hydrogen-bond donors (Lipinski definition) is 0. The van der Waals surface area contributed by atoms with Crippen molar-refractivity contribution in [3.8, 4) is 11.5 Å². The summed E-state index contributed by atoms with van der Waals surface area (Å²) in [5.41, 5.74) is 1.74. The third-order valence-electron chi connectivity index (χ3n) is 6.82. The smallest absolute Gasteiger partial charge is 0.418 e. The maximum Gasteiger partial charge on any atom is 0.418 e. The van der Waals surface area contributed by atoms with Gasteiger partial charge < -0.3 is 18.9 Å². The second-order valence-electron chi connectivity index (χ2n) is 10.1. The van der Waals surface area contributed by atoms with Crippen LogP contribution in [-0.4, -0.2) is 50.2 Å². The van der Waals surface area contributed by atoms with Crippen molar-refractivity contribution >= 4 is 18.0 Å². The first-order valence-electron chi connectivity index (χ1n) is 12.4. The molecule has 0 unspecified atom stereocenters. The van der Waals surface area contributed by atoms with Crippen LogP contribution in [0.3, 0.4) is 0 Å². The van der Waals surface area contributed by atoms with Crippen molar-refractivity contribution in [3.05, 3.63) is 58.7 Å². The summed E-state index contributed by atoms with van der Waals surface area (Å²) in [6.45, 7) is 9.57. The van der Waals surface area contributed by atoms with E-state index in [-0.39, 0.29) is 24.7 Å². The summed E-state index contributed by atoms with van der Waals surface area (Å²) in [5, 5.41) is 0. The van der Waals surface area contributed by atoms with Crippen molar-refractivity contribution in [2.24, 2.45) is 11.8 Å². The number of benzene rings is 2. The largest absolute Gasteiger partial charge is 0.496 e. The van der Waals surface area contributed by atoms with Crippen LogP contribution in [0.15, 0.2) is 36.4 Å². The van der Waals surface area contributed by atoms with Gasteiger partial charge in [-0.2, -0.15) is 0 Å². The number of aryl methyl sites for hydroxylation is 2. The summed E-state index contributed by atoms with van der Waals surface area (Å²) in [5.74, 6) is -0.297. The first-order valence-corrected chi connectivity index (χ1v) is 12.4. The monoisotopic (exact) mass is 511 g/mol. The number of hydrogen-bond acceptors (Lipinski definition) is 7. The summed E-state index contributed by atoms with van der Waals surface area (Å²) in [7, 11) is 4.43. The van der Waals surface area contributed by atoms with Crippen LogP contribution in [0.25, 0.3) is 0 Å². The van der Waals surface area contributed by atoms with E-state index in [1.54, 1.807) is 21.1 Å². The van der Waals surface area contributed by atoms with Gasteiger partial charge in [0.25, 0.3) is 0 Å². The summed E-state index contributed by atoms with van der Waals surface area (Å²) in [6.07, 6.45) is -0.694. The Kier molecular flexibility index (Phi) is 8.51. The minimum Gasteiger partial charge on any atom is -0.496 e. The van der Waals surface area contributed by atoms with Gasteiger partial charge in [-0.15, -0.1) is 0 Å². The normalized spacial score (nSPS) is 17.4. The van der Waals surface area contributed by atoms with Crippen molar-refractivity contribution in [2.75, 3.05) is 21.3 Å². The van der Waals surface area contributed by atoms with Crippen LogP contribution in [0.1, 0.15) is 55.9 Å². The topological polar surface area (TPSA) is 91.4 Å². The fraction of sp³-hybridized carbons (Fsp3) is 0.483. The van der Waals surface area contributed by atoms with Gasteiger partial charge in [-0.1, -0.05) is 44.0 Å². The number of rotatable bonds is 9. The van der Waals surface area contributed by atoms with E-state index in [4.69, 9.17) is 18.9 Å². The van der Waals surface area contributed by atoms with Gasteiger partial charge in [0.2, 0.25) is 5.91 Å². The van der Waals surface area contributed by atoms with Gasteiger partial charge >= 0.3 is 12.1 Å². The molecule has 1 heterocycles. The number of carbonyl (C=O) groups is 3. The predicted octanol–water partition coefficient (Wildman–Crippen LogP) is 5.16. The molecule has 37 heavy (non-hydrogen) atoms. The van der Waals surface area contributed by atoms with Crippen LogP contribution in [0.2, 0.25) is 0 Å². The molecule has 0 aromatic heterocycles. The van der Waals surface area contributed by atoms with Gasteiger partial charge in [0.05, 0.1) is 27.4 Å². The molecule has 0 aliphatic carbocycles. The highest BCUT2D eigenvalue weighted by Crippen LogP contribution is 2.53. The van der Waals surface area contributed by atoms with E-state index in [2.05, 4.69) is 0 Å². The van der Waals surface area contributed by atoms with Gasteiger partial charge in [0, 0.05) is 24.0 Å². The molecule has 2 aromatic carbocycles. The fourth-order valence-electron chi connectivity index (χ4n) is 5.20. The molecule has 1 saturated heterocycles. The Morgan fingerprint density at radius 2 is 1.43 bits per heavy atom. The molecule has 1 aliphatic heterocycles. The molecule has 0 spiro atoms. The van der Waals surface area contributed by atoms with Crippen molar-refractivity contribution in [2.45, 2.75) is 59.1 Å². The highest BCUT2D eigenvalue weighted by atomic mass is 16.6. The lowest BCUT2D eigenvalue weighted by Crippen LogP contribution is -2.50. The Morgan fingerprint density at radius 3 is 1.86 bits per heavy atom. The van der Waals surface area contributed by atoms with Gasteiger partial charge in [0.1, 0.15) is 11.5 Å². The van der Waals surface area contributed by atoms with E-state index in [1.807, 2.05) is 64.1 Å². The lowest BCUT2D eigenvalue weighted by molar-refractivity contribution is -0.142. The Morgan fingerprint density at radius 1 is 0.919 bits per heavy atom. The van der Waals surface area contributed by atoms with Crippen molar-refractivity contribution in [1.82, 2.24) is 4.90 Å². The van der Waals surface area contributed by atoms with E-state index < -0.39 is 29.6 Å². The van der Waals surface area contributed by atoms with Gasteiger partial charge in [-0.05, 0) is 49.9 Å². The first kappa shape index (κ1) is 28.0. The SMILES string of the molecule is COC(=O)C[C@H](C)CC(=O)N1C(=O)OC(c2cc(C)ccc2OC)(c2cc(C)ccc2OC)[C@@H]1C(C)C. The molecule has 1 fully saturated rings. The lowest BCUT2D eigenvalue weighted by Gasteiger charge is -2.39. The first-order chi connectivity index (χ1) is 17.5. The van der Waals surface area contributed by atoms with E-state index in [9.17, 15) is 14.4 Å². The number of imide groups is 1. The number of nitrogens with zero attached hydrogens (tertiary/aromatic N) is 1. The average molecular weight is 512 g/mol. The molecule has 2 amide bonds. The molecule has 2 aromatic rings. The minimum absolute atomic E-state index is 0.0145. The molecule has 2 atom stereocenters. The average Bonchev–Trinajstić information content (AvgIpc) is 3.17. The molecule has 0 bridgehead atoms. The van der Waals surface area contributed by atoms with E-state index >= 15 is 0 Å². The second-order valence-corrected chi connectivity index (χ2v) is 10.1. The summed E-state index contributed by atoms with van der Waals surface area (Å²) >= 11 is 0. The predicted molar refractivity (Wildman–Crippen MR) is 139 cm³/mol. The van der Waals surface area contributed by atoms with E-state index in [0.29, 0.717) is 22.6 Å². The Bertz CT molecular complexity index is 1120. The van der Waals surface area contributed by atoms with Gasteiger partial charge in [-0.3, -0.25) is 9.59 Å². The molecule has 8 nitrogen and oxygen atoms in total. The molecule has 8 heteroatoms. The second kappa shape index (κ2) is 11.2. The van der Waals surface area contributed by atoms with Crippen LogP contribution >= 0.6 is 0 Å². The summed E-state index contributed by atoms with van der Waals surface area (Å²) in [4.78, 5) is 40.3. The van der Waals surface area contributed by atoms with Gasteiger partial charge in [-0.25, -0.2) is 9.69 Å². The molecule has 0 radical (unpaired) electrons. The van der Waals surface area contributed by atoms with Crippen LogP contribution in [0, 0.1) is 25.7 Å². The molecule has 200 valence electrons. The third kappa shape index (κ3) is 5.29. The van der Waals surface area contributed by atoms with Crippen molar-refractivity contribution in [3.63, 3.8) is 0 Å². The zero-order valence-electron chi connectivity index (χ0n) is 22.9. The van der Waals surface area contributed by atoms with E-state index in [1.165, 1.54) is 12.0 Å². The van der Waals surface area contributed by atoms with Gasteiger partial charge in [0.15, 0.2) is 5.60 Å². The number of ether oxygens (including phenoxy) is 4. The number of cyclic esters (lactones) is 1. The summed E-state index contributed by atoms with van der Waals surface area (Å²) < 4.78 is 22.6. The number of amides is 2. The molecule has 0 saturated carbocycles. The molecule has 3 rings (SSSR count). The lowest BCUT2D eigenvalue weighted by atomic mass is 9.74. The van der Waals surface area contributed by atoms with Crippen LogP contribution in [0.5, 0.6) is 11.5 Å². The molecule has 1 aliphatic rings. The number of carbonyl (C=O) groups excluding carboxylic acids is 3. The van der Waals surface area contributed by atoms with Crippen LogP contribution in [-0.2, 0) is 24.7 Å². The Labute approximate surface area is 218 Å². The quantitative estimate of drug-likeness (QED) is 0.430. The number of methoxy groups -OCH3 is 3. The molecular formula is C29H37NO7. The van der Waals surface area contributed by atoms with Crippen LogP contribution < -0.4 is 9.47 Å². The molecule has 0 N–H and O–H groups in total. The zero-order valence-corrected chi connectivity index (χ0v) is 22.9. The minimum atomic E-state index is -1.40. The highest BCUT2D eigenvalue weighted by molar-refractivity contribution is 5.95. The highest BCUT2D eigenvalue weighted by Gasteiger charge is 2.61. The maximum atomic E-state index is 13.7. The van der Waals surface area contributed by atoms with Crippen LogP contribution in [0.4, 0.5) is 4.79 Å². The Balaban J connectivity index is 2.28. The Hall–Kier alpha value is -3.55. The fourth-order valence-corrected chi connectivity index (χ4v) is 5.20. The summed E-state index contributed by atoms with van der Waals surface area (Å²) in [6, 6.07) is 10.6. The van der Waals surface area contributed by atoms with Crippen molar-refractivity contribution in [1.29, 1.82) is 0 Å². The zero-order chi connectivity index (χ0) is 27.5.